The summed E-state index contributed by atoms with van der Waals surface area (Å²) < 4.78 is 0. The molecule has 0 spiro atoms. The van der Waals surface area contributed by atoms with Gasteiger partial charge in [-0.1, -0.05) is 62.4 Å². The molecule has 0 saturated carbocycles. The van der Waals surface area contributed by atoms with Crippen molar-refractivity contribution < 1.29 is 9.59 Å². The van der Waals surface area contributed by atoms with Crippen molar-refractivity contribution in [2.24, 2.45) is 0 Å². The first kappa shape index (κ1) is 15.2. The Balaban J connectivity index is 2.53. The number of hydrogen-bond donors (Lipinski definition) is 0. The third-order valence-corrected chi connectivity index (χ3v) is 3.64. The molecule has 0 fully saturated rings. The quantitative estimate of drug-likeness (QED) is 0.732. The van der Waals surface area contributed by atoms with E-state index >= 15 is 0 Å². The lowest BCUT2D eigenvalue weighted by Crippen LogP contribution is -2.10. The van der Waals surface area contributed by atoms with Crippen LogP contribution in [0.3, 0.4) is 0 Å². The Morgan fingerprint density at radius 3 is 1.76 bits per heavy atom. The zero-order valence-electron chi connectivity index (χ0n) is 12.6. The topological polar surface area (TPSA) is 34.1 Å². The van der Waals surface area contributed by atoms with E-state index in [4.69, 9.17) is 0 Å². The van der Waals surface area contributed by atoms with Crippen LogP contribution in [0.2, 0.25) is 0 Å². The molecule has 0 amide bonds. The number of carbonyl (C=O) groups is 2. The van der Waals surface area contributed by atoms with Crippen LogP contribution in [0.1, 0.15) is 58.5 Å². The molecular weight excluding hydrogens is 260 g/mol. The van der Waals surface area contributed by atoms with Crippen molar-refractivity contribution in [3.8, 4) is 0 Å². The summed E-state index contributed by atoms with van der Waals surface area (Å²) in [7, 11) is 0. The van der Waals surface area contributed by atoms with E-state index in [9.17, 15) is 9.59 Å². The molecule has 0 N–H and O–H groups in total. The first-order chi connectivity index (χ1) is 10.2. The van der Waals surface area contributed by atoms with Crippen LogP contribution in [0, 0.1) is 0 Å². The van der Waals surface area contributed by atoms with Crippen LogP contribution in [0.5, 0.6) is 0 Å². The van der Waals surface area contributed by atoms with Gasteiger partial charge < -0.3 is 0 Å². The highest BCUT2D eigenvalue weighted by molar-refractivity contribution is 6.03. The molecule has 0 aliphatic heterocycles. The van der Waals surface area contributed by atoms with Gasteiger partial charge in [0.1, 0.15) is 0 Å². The second-order valence-electron chi connectivity index (χ2n) is 5.05. The fraction of sp³-hybridized carbons (Fsp3) is 0.263. The van der Waals surface area contributed by atoms with E-state index in [0.717, 1.165) is 11.1 Å². The van der Waals surface area contributed by atoms with Gasteiger partial charge in [0.15, 0.2) is 11.6 Å². The number of rotatable bonds is 6. The van der Waals surface area contributed by atoms with E-state index in [1.54, 1.807) is 6.07 Å². The molecule has 0 aliphatic rings. The average molecular weight is 280 g/mol. The fourth-order valence-corrected chi connectivity index (χ4v) is 2.48. The second-order valence-corrected chi connectivity index (χ2v) is 5.05. The van der Waals surface area contributed by atoms with Crippen molar-refractivity contribution >= 4 is 11.6 Å². The molecule has 21 heavy (non-hydrogen) atoms. The number of Topliss-reactive ketones (excluding diaryl/α,β-unsaturated/α-hetero) is 2. The van der Waals surface area contributed by atoms with Gasteiger partial charge in [-0.15, -0.1) is 0 Å². The zero-order chi connectivity index (χ0) is 15.2. The average Bonchev–Trinajstić information content (AvgIpc) is 2.54. The molecule has 2 rings (SSSR count). The Labute approximate surface area is 125 Å². The minimum atomic E-state index is 0.0895. The van der Waals surface area contributed by atoms with Crippen molar-refractivity contribution in [2.45, 2.75) is 33.1 Å². The summed E-state index contributed by atoms with van der Waals surface area (Å²) in [4.78, 5) is 24.4. The van der Waals surface area contributed by atoms with Crippen LogP contribution in [0.4, 0.5) is 0 Å². The highest BCUT2D eigenvalue weighted by Gasteiger charge is 2.17. The van der Waals surface area contributed by atoms with E-state index < -0.39 is 0 Å². The highest BCUT2D eigenvalue weighted by Crippen LogP contribution is 2.22. The first-order valence-electron chi connectivity index (χ1n) is 7.39. The number of benzene rings is 2. The Morgan fingerprint density at radius 1 is 0.762 bits per heavy atom. The van der Waals surface area contributed by atoms with E-state index in [1.165, 1.54) is 0 Å². The third-order valence-electron chi connectivity index (χ3n) is 3.64. The van der Waals surface area contributed by atoms with Crippen LogP contribution < -0.4 is 0 Å². The molecule has 2 heteroatoms. The second kappa shape index (κ2) is 6.98. The maximum absolute atomic E-state index is 12.2. The predicted octanol–water partition coefficient (Wildman–Crippen LogP) is 4.46. The minimum absolute atomic E-state index is 0.0895. The Kier molecular flexibility index (Phi) is 5.04. The molecule has 0 radical (unpaired) electrons. The Hall–Kier alpha value is -2.22. The highest BCUT2D eigenvalue weighted by atomic mass is 16.1. The Morgan fingerprint density at radius 2 is 1.29 bits per heavy atom. The minimum Gasteiger partial charge on any atom is -0.294 e. The largest absolute Gasteiger partial charge is 0.294 e. The molecule has 2 nitrogen and oxygen atoms in total. The van der Waals surface area contributed by atoms with Crippen molar-refractivity contribution in [3.63, 3.8) is 0 Å². The molecule has 0 heterocycles. The van der Waals surface area contributed by atoms with Gasteiger partial charge in [-0.3, -0.25) is 9.59 Å². The van der Waals surface area contributed by atoms with Gasteiger partial charge in [-0.05, 0) is 17.5 Å². The number of hydrogen-bond acceptors (Lipinski definition) is 2. The van der Waals surface area contributed by atoms with Gasteiger partial charge in [0.25, 0.3) is 0 Å². The molecular formula is C19H20O2. The van der Waals surface area contributed by atoms with Crippen LogP contribution >= 0.6 is 0 Å². The predicted molar refractivity (Wildman–Crippen MR) is 84.9 cm³/mol. The fourth-order valence-electron chi connectivity index (χ4n) is 2.48. The lowest BCUT2D eigenvalue weighted by molar-refractivity contribution is 0.0987. The molecule has 0 bridgehead atoms. The maximum Gasteiger partial charge on any atom is 0.162 e. The molecule has 2 aromatic carbocycles. The summed E-state index contributed by atoms with van der Waals surface area (Å²) in [6, 6.07) is 15.4. The molecule has 108 valence electrons. The van der Waals surface area contributed by atoms with Crippen LogP contribution in [-0.2, 0) is 6.42 Å². The van der Waals surface area contributed by atoms with E-state index in [0.29, 0.717) is 30.4 Å². The molecule has 0 saturated heterocycles. The smallest absolute Gasteiger partial charge is 0.162 e. The molecule has 2 aromatic rings. The van der Waals surface area contributed by atoms with Crippen LogP contribution in [0.25, 0.3) is 0 Å². The van der Waals surface area contributed by atoms with Gasteiger partial charge in [0, 0.05) is 24.0 Å². The molecule has 0 unspecified atom stereocenters. The van der Waals surface area contributed by atoms with Gasteiger partial charge in [-0.25, -0.2) is 0 Å². The molecule has 0 aliphatic carbocycles. The molecule has 0 atom stereocenters. The number of carbonyl (C=O) groups excluding carboxylic acids is 2. The van der Waals surface area contributed by atoms with Gasteiger partial charge in [0.2, 0.25) is 0 Å². The summed E-state index contributed by atoms with van der Waals surface area (Å²) in [6.07, 6.45) is 1.51. The third kappa shape index (κ3) is 3.46. The van der Waals surface area contributed by atoms with Crippen LogP contribution in [0.15, 0.2) is 48.5 Å². The van der Waals surface area contributed by atoms with Crippen molar-refractivity contribution in [1.29, 1.82) is 0 Å². The summed E-state index contributed by atoms with van der Waals surface area (Å²) in [6.45, 7) is 3.70. The summed E-state index contributed by atoms with van der Waals surface area (Å²) in [5.41, 5.74) is 3.34. The summed E-state index contributed by atoms with van der Waals surface area (Å²) >= 11 is 0. The maximum atomic E-state index is 12.2. The lowest BCUT2D eigenvalue weighted by Gasteiger charge is -2.13. The number of ketones is 2. The monoisotopic (exact) mass is 280 g/mol. The van der Waals surface area contributed by atoms with Crippen molar-refractivity contribution in [2.75, 3.05) is 0 Å². The lowest BCUT2D eigenvalue weighted by atomic mass is 9.90. The van der Waals surface area contributed by atoms with E-state index in [-0.39, 0.29) is 11.6 Å². The zero-order valence-corrected chi connectivity index (χ0v) is 12.6. The van der Waals surface area contributed by atoms with E-state index in [2.05, 4.69) is 0 Å². The SMILES string of the molecule is CCC(=O)c1cccc(C(=O)CC)c1Cc1ccccc1. The normalized spacial score (nSPS) is 10.4. The van der Waals surface area contributed by atoms with Gasteiger partial charge in [0.05, 0.1) is 0 Å². The summed E-state index contributed by atoms with van der Waals surface area (Å²) in [5, 5.41) is 0. The molecule has 0 aromatic heterocycles. The standard InChI is InChI=1S/C19H20O2/c1-3-18(20)15-11-8-12-16(19(21)4-2)17(15)13-14-9-6-5-7-10-14/h5-12H,3-4,13H2,1-2H3. The van der Waals surface area contributed by atoms with Gasteiger partial charge in [-0.2, -0.15) is 0 Å². The van der Waals surface area contributed by atoms with E-state index in [1.807, 2.05) is 56.3 Å². The van der Waals surface area contributed by atoms with Crippen LogP contribution in [-0.4, -0.2) is 11.6 Å². The van der Waals surface area contributed by atoms with Gasteiger partial charge >= 0.3 is 0 Å². The summed E-state index contributed by atoms with van der Waals surface area (Å²) in [5.74, 6) is 0.179. The first-order valence-corrected chi connectivity index (χ1v) is 7.39. The van der Waals surface area contributed by atoms with Crippen molar-refractivity contribution in [1.82, 2.24) is 0 Å². The van der Waals surface area contributed by atoms with Crippen molar-refractivity contribution in [3.05, 3.63) is 70.8 Å². The Bertz CT molecular complexity index is 608.